The number of ketones is 2. The molecule has 0 radical (unpaired) electrons. The van der Waals surface area contributed by atoms with E-state index in [0.717, 1.165) is 0 Å². The molecule has 3 heterocycles. The fourth-order valence-corrected chi connectivity index (χ4v) is 9.90. The number of fused-ring (bicyclic) bond motifs is 2. The summed E-state index contributed by atoms with van der Waals surface area (Å²) in [5.74, 6) is -7.81. The SMILES string of the molecule is C[C@H]1/C=C/C=C/C=C\C=C/C=C/C=C/C=C/[C@H](O[C@@H]2O[C@H](C)[C@@H](O)[C@H](N)[C@@H]2O)CC2O[C@](O)(C[C@@H](O)C[C@@H](O)C[C@@H](O)C[C@@H](O)CC(=O)C[C@@H](O)CC(=O)O[C@@H]1[C@@H](C)CCC(O)CC(=O)c1ccc(N)cc1)C[C@H](O)[C@H]2C(=O)O. The van der Waals surface area contributed by atoms with Crippen LogP contribution in [0.5, 0.6) is 0 Å². The highest BCUT2D eigenvalue weighted by Crippen LogP contribution is 2.38. The molecule has 3 aliphatic heterocycles. The van der Waals surface area contributed by atoms with Crippen LogP contribution in [0.1, 0.15) is 108 Å². The van der Waals surface area contributed by atoms with Crippen molar-refractivity contribution in [2.45, 2.75) is 195 Å². The van der Waals surface area contributed by atoms with Gasteiger partial charge in [0.1, 0.15) is 23.9 Å². The summed E-state index contributed by atoms with van der Waals surface area (Å²) >= 11 is 0. The predicted octanol–water partition coefficient (Wildman–Crippen LogP) is 2.29. The number of nitrogens with two attached hydrogens (primary N) is 2. The van der Waals surface area contributed by atoms with Crippen LogP contribution >= 0.6 is 0 Å². The highest BCUT2D eigenvalue weighted by atomic mass is 16.7. The number of aliphatic hydroxyl groups is 10. The van der Waals surface area contributed by atoms with Gasteiger partial charge >= 0.3 is 11.9 Å². The van der Waals surface area contributed by atoms with Crippen molar-refractivity contribution in [2.24, 2.45) is 23.5 Å². The number of hydrogen-bond acceptors (Lipinski definition) is 20. The molecule has 15 N–H and O–H groups in total. The van der Waals surface area contributed by atoms with Crippen LogP contribution in [0.25, 0.3) is 0 Å². The van der Waals surface area contributed by atoms with E-state index in [1.165, 1.54) is 13.0 Å². The number of carbonyl (C=O) groups excluding carboxylic acids is 3. The standard InChI is InChI=1S/C58H84N2O19/c1-34-16-14-12-10-8-6-4-5-7-9-11-13-15-17-46(77-57-54(72)52(60)53(71)36(3)76-57)31-49-51(56(73)74)48(69)33-58(75,79-49)32-45(67)28-43(65)26-41(63)24-40(62)25-42(64)27-44(66)30-50(70)78-55(34)35(2)18-23-39(61)29-47(68)37-19-21-38(59)22-20-37/h4-17,19-22,34-36,39-41,43-46,48-49,51-55,57,61-63,65-67,69,71-72,75H,18,23-33,59-60H2,1-3H3,(H,73,74)/b5-4-,8-6-,9-7+,12-10+,13-11+,16-14+,17-15+/t34-,35-,36+,39?,40+,41-,43-,44+,45-,46-,48-,49?,51+,52-,53+,54-,55-,57-,58+/m0/s1. The first-order valence-electron chi connectivity index (χ1n) is 26.9. The molecule has 440 valence electrons. The second kappa shape index (κ2) is 33.0. The smallest absolute Gasteiger partial charge is 0.311 e. The molecule has 1 aromatic carbocycles. The number of benzene rings is 1. The average molecular weight is 1110 g/mol. The van der Waals surface area contributed by atoms with Gasteiger partial charge in [-0.05, 0) is 69.2 Å². The molecule has 2 fully saturated rings. The summed E-state index contributed by atoms with van der Waals surface area (Å²) in [5, 5.41) is 119. The average Bonchev–Trinajstić information content (AvgIpc) is 3.35. The number of cyclic esters (lactones) is 1. The Morgan fingerprint density at radius 2 is 1.25 bits per heavy atom. The first-order valence-corrected chi connectivity index (χ1v) is 26.9. The number of ether oxygens (including phenoxy) is 4. The van der Waals surface area contributed by atoms with Crippen molar-refractivity contribution >= 4 is 29.2 Å². The zero-order valence-electron chi connectivity index (χ0n) is 45.1. The predicted molar refractivity (Wildman–Crippen MR) is 290 cm³/mol. The van der Waals surface area contributed by atoms with Gasteiger partial charge in [-0.25, -0.2) is 0 Å². The number of carbonyl (C=O) groups is 4. The van der Waals surface area contributed by atoms with Crippen LogP contribution in [0.2, 0.25) is 0 Å². The first-order chi connectivity index (χ1) is 37.3. The zero-order valence-corrected chi connectivity index (χ0v) is 45.1. The maximum absolute atomic E-state index is 13.3. The Morgan fingerprint density at radius 3 is 1.85 bits per heavy atom. The number of allylic oxidation sites excluding steroid dienone is 12. The summed E-state index contributed by atoms with van der Waals surface area (Å²) in [5.41, 5.74) is 12.7. The van der Waals surface area contributed by atoms with Gasteiger partial charge in [0.2, 0.25) is 0 Å². The van der Waals surface area contributed by atoms with Crippen LogP contribution in [0, 0.1) is 17.8 Å². The number of aliphatic hydroxyl groups excluding tert-OH is 9. The Morgan fingerprint density at radius 1 is 0.709 bits per heavy atom. The lowest BCUT2D eigenvalue weighted by Gasteiger charge is -2.45. The molecule has 79 heavy (non-hydrogen) atoms. The monoisotopic (exact) mass is 1110 g/mol. The minimum absolute atomic E-state index is 0.128. The van der Waals surface area contributed by atoms with E-state index in [-0.39, 0.29) is 36.9 Å². The van der Waals surface area contributed by atoms with Crippen molar-refractivity contribution in [3.8, 4) is 0 Å². The lowest BCUT2D eigenvalue weighted by Crippen LogP contribution is -2.61. The summed E-state index contributed by atoms with van der Waals surface area (Å²) < 4.78 is 23.7. The number of Topliss-reactive ketones (excluding diaryl/α,β-unsaturated/α-hetero) is 2. The molecule has 0 amide bonds. The van der Waals surface area contributed by atoms with Crippen molar-refractivity contribution in [2.75, 3.05) is 5.73 Å². The van der Waals surface area contributed by atoms with E-state index in [2.05, 4.69) is 0 Å². The molecule has 4 rings (SSSR count). The highest BCUT2D eigenvalue weighted by molar-refractivity contribution is 5.96. The Labute approximate surface area is 461 Å². The second-order valence-electron chi connectivity index (χ2n) is 21.2. The Balaban J connectivity index is 1.54. The minimum Gasteiger partial charge on any atom is -0.481 e. The van der Waals surface area contributed by atoms with Gasteiger partial charge in [-0.2, -0.15) is 0 Å². The van der Waals surface area contributed by atoms with Gasteiger partial charge in [0.05, 0.1) is 79.6 Å². The Hall–Kier alpha value is -5.08. The van der Waals surface area contributed by atoms with E-state index < -0.39 is 172 Å². The van der Waals surface area contributed by atoms with E-state index in [1.807, 2.05) is 19.9 Å². The molecular formula is C58H84N2O19. The summed E-state index contributed by atoms with van der Waals surface area (Å²) in [4.78, 5) is 51.6. The molecule has 2 bridgehead atoms. The Kier molecular flexibility index (Phi) is 27.7. The van der Waals surface area contributed by atoms with E-state index in [9.17, 15) is 75.3 Å². The normalized spacial score (nSPS) is 38.4. The molecule has 0 saturated carbocycles. The fraction of sp³-hybridized carbons (Fsp3) is 0.586. The van der Waals surface area contributed by atoms with Gasteiger partial charge < -0.3 is 86.6 Å². The summed E-state index contributed by atoms with van der Waals surface area (Å²) in [6.07, 6.45) is 1.70. The van der Waals surface area contributed by atoms with Gasteiger partial charge in [0.15, 0.2) is 17.9 Å². The lowest BCUT2D eigenvalue weighted by atomic mass is 9.82. The van der Waals surface area contributed by atoms with Crippen molar-refractivity contribution in [1.29, 1.82) is 0 Å². The molecule has 21 heteroatoms. The van der Waals surface area contributed by atoms with E-state index in [4.69, 9.17) is 30.4 Å². The molecule has 19 atom stereocenters. The van der Waals surface area contributed by atoms with Gasteiger partial charge in [-0.3, -0.25) is 19.2 Å². The van der Waals surface area contributed by atoms with E-state index >= 15 is 0 Å². The van der Waals surface area contributed by atoms with Crippen LogP contribution in [0.4, 0.5) is 5.69 Å². The lowest BCUT2D eigenvalue weighted by molar-refractivity contribution is -0.308. The number of carboxylic acid groups (broad SMARTS) is 1. The van der Waals surface area contributed by atoms with Crippen LogP contribution < -0.4 is 11.5 Å². The number of nitrogen functional groups attached to an aromatic ring is 1. The van der Waals surface area contributed by atoms with Crippen LogP contribution in [0.15, 0.2) is 109 Å². The van der Waals surface area contributed by atoms with Crippen LogP contribution in [-0.4, -0.2) is 177 Å². The molecule has 0 spiro atoms. The molecule has 0 aromatic heterocycles. The van der Waals surface area contributed by atoms with Gasteiger partial charge in [0.25, 0.3) is 0 Å². The summed E-state index contributed by atoms with van der Waals surface area (Å²) in [6.45, 7) is 5.20. The molecule has 21 nitrogen and oxygen atoms in total. The Bertz CT molecular complexity index is 2280. The largest absolute Gasteiger partial charge is 0.481 e. The maximum atomic E-state index is 13.3. The number of anilines is 1. The quantitative estimate of drug-likeness (QED) is 0.0908. The third-order valence-electron chi connectivity index (χ3n) is 14.1. The molecular weight excluding hydrogens is 1030 g/mol. The number of carboxylic acids is 1. The topological polar surface area (TPSA) is 380 Å². The maximum Gasteiger partial charge on any atom is 0.311 e. The van der Waals surface area contributed by atoms with Crippen molar-refractivity contribution in [3.63, 3.8) is 0 Å². The van der Waals surface area contributed by atoms with Crippen molar-refractivity contribution in [1.82, 2.24) is 0 Å². The first kappa shape index (κ1) is 66.4. The molecule has 2 unspecified atom stereocenters. The summed E-state index contributed by atoms with van der Waals surface area (Å²) in [7, 11) is 0. The van der Waals surface area contributed by atoms with Gasteiger partial charge in [0, 0.05) is 55.7 Å². The van der Waals surface area contributed by atoms with E-state index in [1.54, 1.807) is 97.2 Å². The molecule has 3 aliphatic rings. The third-order valence-corrected chi connectivity index (χ3v) is 14.1. The molecule has 1 aromatic rings. The second-order valence-corrected chi connectivity index (χ2v) is 21.2. The van der Waals surface area contributed by atoms with Crippen molar-refractivity contribution < 1.29 is 94.3 Å². The molecule has 2 saturated heterocycles. The summed E-state index contributed by atoms with van der Waals surface area (Å²) in [6, 6.07) is 5.21. The fourth-order valence-electron chi connectivity index (χ4n) is 9.90. The molecule has 0 aliphatic carbocycles. The van der Waals surface area contributed by atoms with E-state index in [0.29, 0.717) is 17.7 Å². The van der Waals surface area contributed by atoms with Gasteiger partial charge in [-0.15, -0.1) is 0 Å². The number of rotatable bonds is 10. The minimum atomic E-state index is -2.34. The third kappa shape index (κ3) is 23.1. The van der Waals surface area contributed by atoms with Crippen molar-refractivity contribution in [3.05, 3.63) is 115 Å². The highest BCUT2D eigenvalue weighted by Gasteiger charge is 2.51. The van der Waals surface area contributed by atoms with Gasteiger partial charge in [-0.1, -0.05) is 98.9 Å². The van der Waals surface area contributed by atoms with Crippen LogP contribution in [-0.2, 0) is 33.3 Å². The number of aliphatic carboxylic acids is 1. The zero-order chi connectivity index (χ0) is 58.4. The number of esters is 1. The number of hydrogen-bond donors (Lipinski definition) is 13. The van der Waals surface area contributed by atoms with Crippen LogP contribution in [0.3, 0.4) is 0 Å².